The van der Waals surface area contributed by atoms with Crippen LogP contribution in [0.25, 0.3) is 0 Å². The molecule has 1 heterocycles. The summed E-state index contributed by atoms with van der Waals surface area (Å²) in [7, 11) is 3.46. The average Bonchev–Trinajstić information content (AvgIpc) is 2.34. The molecule has 0 spiro atoms. The van der Waals surface area contributed by atoms with Crippen LogP contribution < -0.4 is 9.64 Å². The summed E-state index contributed by atoms with van der Waals surface area (Å²) in [6.45, 7) is 2.14. The van der Waals surface area contributed by atoms with Crippen molar-refractivity contribution in [1.29, 1.82) is 0 Å². The fourth-order valence-corrected chi connectivity index (χ4v) is 2.42. The fourth-order valence-electron chi connectivity index (χ4n) is 1.43. The van der Waals surface area contributed by atoms with Crippen molar-refractivity contribution >= 4 is 29.3 Å². The predicted molar refractivity (Wildman–Crippen MR) is 72.3 cm³/mol. The number of rotatable bonds is 6. The van der Waals surface area contributed by atoms with Gasteiger partial charge in [-0.3, -0.25) is 0 Å². The molecule has 0 bridgehead atoms. The van der Waals surface area contributed by atoms with Gasteiger partial charge in [0.2, 0.25) is 11.2 Å². The number of methoxy groups -OCH3 is 1. The highest BCUT2D eigenvalue weighted by Crippen LogP contribution is 2.18. The van der Waals surface area contributed by atoms with Gasteiger partial charge in [0.05, 0.1) is 7.11 Å². The molecule has 0 saturated heterocycles. The molecule has 0 aliphatic carbocycles. The predicted octanol–water partition coefficient (Wildman–Crippen LogP) is 2.11. The Morgan fingerprint density at radius 3 is 2.65 bits per heavy atom. The van der Waals surface area contributed by atoms with E-state index in [1.807, 2.05) is 11.9 Å². The highest BCUT2D eigenvalue weighted by Gasteiger charge is 2.17. The third-order valence-electron chi connectivity index (χ3n) is 2.45. The van der Waals surface area contributed by atoms with Crippen molar-refractivity contribution in [2.75, 3.05) is 31.1 Å². The molecule has 96 valence electrons. The van der Waals surface area contributed by atoms with Crippen LogP contribution in [-0.4, -0.2) is 47.2 Å². The van der Waals surface area contributed by atoms with Crippen LogP contribution in [0.1, 0.15) is 13.3 Å². The minimum atomic E-state index is 0.151. The molecular weight excluding hydrogens is 260 g/mol. The maximum absolute atomic E-state index is 5.82. The molecule has 1 aromatic rings. The van der Waals surface area contributed by atoms with Crippen LogP contribution in [0.4, 0.5) is 5.95 Å². The standard InChI is InChI=1S/C10H17ClN4OS/c1-5-7(6-17-4)15(2)9-12-8(11)13-10(14-9)16-3/h7H,5-6H2,1-4H3. The molecule has 0 amide bonds. The summed E-state index contributed by atoms with van der Waals surface area (Å²) in [4.78, 5) is 14.2. The van der Waals surface area contributed by atoms with Gasteiger partial charge in [-0.15, -0.1) is 0 Å². The van der Waals surface area contributed by atoms with Crippen LogP contribution in [-0.2, 0) is 0 Å². The first-order chi connectivity index (χ1) is 8.12. The lowest BCUT2D eigenvalue weighted by atomic mass is 10.2. The van der Waals surface area contributed by atoms with Crippen LogP contribution in [0.3, 0.4) is 0 Å². The molecule has 0 N–H and O–H groups in total. The van der Waals surface area contributed by atoms with Crippen LogP contribution >= 0.6 is 23.4 Å². The third kappa shape index (κ3) is 3.89. The molecule has 0 aromatic carbocycles. The van der Waals surface area contributed by atoms with Gasteiger partial charge in [-0.05, 0) is 24.3 Å². The number of anilines is 1. The van der Waals surface area contributed by atoms with Gasteiger partial charge in [-0.25, -0.2) is 0 Å². The molecule has 1 atom stereocenters. The zero-order valence-corrected chi connectivity index (χ0v) is 12.0. The van der Waals surface area contributed by atoms with Crippen molar-refractivity contribution < 1.29 is 4.74 Å². The van der Waals surface area contributed by atoms with Gasteiger partial charge in [-0.2, -0.15) is 26.7 Å². The second-order valence-electron chi connectivity index (χ2n) is 3.52. The Morgan fingerprint density at radius 2 is 2.12 bits per heavy atom. The number of hydrogen-bond donors (Lipinski definition) is 0. The minimum absolute atomic E-state index is 0.151. The number of nitrogens with zero attached hydrogens (tertiary/aromatic N) is 4. The lowest BCUT2D eigenvalue weighted by Gasteiger charge is -2.26. The van der Waals surface area contributed by atoms with E-state index in [0.29, 0.717) is 12.0 Å². The Bertz CT molecular complexity index is 366. The smallest absolute Gasteiger partial charge is 0.322 e. The molecular formula is C10H17ClN4OS. The van der Waals surface area contributed by atoms with Gasteiger partial charge < -0.3 is 9.64 Å². The summed E-state index contributed by atoms with van der Waals surface area (Å²) in [6, 6.07) is 0.610. The summed E-state index contributed by atoms with van der Waals surface area (Å²) in [5.41, 5.74) is 0. The molecule has 1 aromatic heterocycles. The van der Waals surface area contributed by atoms with E-state index >= 15 is 0 Å². The van der Waals surface area contributed by atoms with E-state index in [9.17, 15) is 0 Å². The molecule has 17 heavy (non-hydrogen) atoms. The first-order valence-corrected chi connectivity index (χ1v) is 7.06. The zero-order chi connectivity index (χ0) is 12.8. The Balaban J connectivity index is 2.93. The minimum Gasteiger partial charge on any atom is -0.467 e. The van der Waals surface area contributed by atoms with Crippen molar-refractivity contribution in [3.05, 3.63) is 5.28 Å². The molecule has 1 unspecified atom stereocenters. The number of aromatic nitrogens is 3. The fraction of sp³-hybridized carbons (Fsp3) is 0.700. The van der Waals surface area contributed by atoms with E-state index in [0.717, 1.165) is 12.2 Å². The lowest BCUT2D eigenvalue weighted by Crippen LogP contribution is -2.34. The van der Waals surface area contributed by atoms with Crippen LogP contribution in [0.5, 0.6) is 6.01 Å². The molecule has 1 rings (SSSR count). The summed E-state index contributed by atoms with van der Waals surface area (Å²) in [6.07, 6.45) is 3.10. The van der Waals surface area contributed by atoms with Crippen LogP contribution in [0.2, 0.25) is 5.28 Å². The van der Waals surface area contributed by atoms with Crippen molar-refractivity contribution in [1.82, 2.24) is 15.0 Å². The zero-order valence-electron chi connectivity index (χ0n) is 10.5. The molecule has 5 nitrogen and oxygen atoms in total. The third-order valence-corrected chi connectivity index (χ3v) is 3.34. The molecule has 0 radical (unpaired) electrons. The number of halogens is 1. The van der Waals surface area contributed by atoms with Crippen molar-refractivity contribution in [2.45, 2.75) is 19.4 Å². The first kappa shape index (κ1) is 14.3. The summed E-state index contributed by atoms with van der Waals surface area (Å²) >= 11 is 7.62. The monoisotopic (exact) mass is 276 g/mol. The quantitative estimate of drug-likeness (QED) is 0.793. The first-order valence-electron chi connectivity index (χ1n) is 5.29. The van der Waals surface area contributed by atoms with Gasteiger partial charge in [-0.1, -0.05) is 6.92 Å². The number of thioether (sulfide) groups is 1. The Hall–Kier alpha value is -0.750. The number of ether oxygens (including phenoxy) is 1. The van der Waals surface area contributed by atoms with Crippen molar-refractivity contribution in [2.24, 2.45) is 0 Å². The molecule has 0 aliphatic heterocycles. The van der Waals surface area contributed by atoms with E-state index in [2.05, 4.69) is 28.1 Å². The van der Waals surface area contributed by atoms with Gasteiger partial charge in [0.15, 0.2) is 0 Å². The van der Waals surface area contributed by atoms with E-state index in [1.54, 1.807) is 11.8 Å². The number of hydrogen-bond acceptors (Lipinski definition) is 6. The Labute approximate surface area is 111 Å². The summed E-state index contributed by atoms with van der Waals surface area (Å²) in [5.74, 6) is 1.56. The topological polar surface area (TPSA) is 51.1 Å². The largest absolute Gasteiger partial charge is 0.467 e. The molecule has 0 saturated carbocycles. The van der Waals surface area contributed by atoms with E-state index in [4.69, 9.17) is 16.3 Å². The van der Waals surface area contributed by atoms with Gasteiger partial charge in [0.1, 0.15) is 0 Å². The maximum atomic E-state index is 5.82. The highest BCUT2D eigenvalue weighted by atomic mass is 35.5. The average molecular weight is 277 g/mol. The Kier molecular flexibility index (Phi) is 5.77. The highest BCUT2D eigenvalue weighted by molar-refractivity contribution is 7.98. The van der Waals surface area contributed by atoms with E-state index in [1.165, 1.54) is 7.11 Å². The molecule has 0 fully saturated rings. The van der Waals surface area contributed by atoms with E-state index in [-0.39, 0.29) is 11.3 Å². The summed E-state index contributed by atoms with van der Waals surface area (Å²) < 4.78 is 4.98. The second-order valence-corrected chi connectivity index (χ2v) is 4.77. The van der Waals surface area contributed by atoms with E-state index < -0.39 is 0 Å². The normalized spacial score (nSPS) is 12.3. The Morgan fingerprint density at radius 1 is 1.41 bits per heavy atom. The SMILES string of the molecule is CCC(CSC)N(C)c1nc(Cl)nc(OC)n1. The van der Waals surface area contributed by atoms with Crippen LogP contribution in [0.15, 0.2) is 0 Å². The van der Waals surface area contributed by atoms with Gasteiger partial charge >= 0.3 is 6.01 Å². The van der Waals surface area contributed by atoms with Crippen molar-refractivity contribution in [3.8, 4) is 6.01 Å². The summed E-state index contributed by atoms with van der Waals surface area (Å²) in [5, 5.41) is 0.151. The molecule has 7 heteroatoms. The molecule has 0 aliphatic rings. The van der Waals surface area contributed by atoms with Gasteiger partial charge in [0.25, 0.3) is 0 Å². The van der Waals surface area contributed by atoms with Crippen molar-refractivity contribution in [3.63, 3.8) is 0 Å². The van der Waals surface area contributed by atoms with Gasteiger partial charge in [0, 0.05) is 18.8 Å². The maximum Gasteiger partial charge on any atom is 0.322 e. The van der Waals surface area contributed by atoms with Crippen LogP contribution in [0, 0.1) is 0 Å². The second kappa shape index (κ2) is 6.86. The lowest BCUT2D eigenvalue weighted by molar-refractivity contribution is 0.377.